The first-order valence-electron chi connectivity index (χ1n) is 8.77. The number of amides is 1. The predicted octanol–water partition coefficient (Wildman–Crippen LogP) is 2.95. The van der Waals surface area contributed by atoms with E-state index in [4.69, 9.17) is 9.47 Å². The highest BCUT2D eigenvalue weighted by Gasteiger charge is 2.19. The van der Waals surface area contributed by atoms with Crippen LogP contribution < -0.4 is 10.1 Å². The molecule has 0 atom stereocenters. The van der Waals surface area contributed by atoms with Crippen molar-refractivity contribution in [3.63, 3.8) is 0 Å². The van der Waals surface area contributed by atoms with Crippen LogP contribution in [0.2, 0.25) is 0 Å². The lowest BCUT2D eigenvalue weighted by molar-refractivity contribution is -0.384. The first kappa shape index (κ1) is 20.5. The predicted molar refractivity (Wildman–Crippen MR) is 106 cm³/mol. The van der Waals surface area contributed by atoms with Crippen LogP contribution >= 0.6 is 0 Å². The normalized spacial score (nSPS) is 10.3. The summed E-state index contributed by atoms with van der Waals surface area (Å²) in [7, 11) is 2.81. The van der Waals surface area contributed by atoms with Gasteiger partial charge in [-0.25, -0.2) is 4.79 Å². The van der Waals surface area contributed by atoms with Crippen LogP contribution in [0.25, 0.3) is 0 Å². The van der Waals surface area contributed by atoms with Crippen LogP contribution in [0.3, 0.4) is 0 Å². The van der Waals surface area contributed by atoms with Gasteiger partial charge in [0.05, 0.1) is 23.9 Å². The Morgan fingerprint density at radius 2 is 1.93 bits per heavy atom. The van der Waals surface area contributed by atoms with Crippen LogP contribution in [0, 0.1) is 10.1 Å². The Balaban J connectivity index is 1.68. The van der Waals surface area contributed by atoms with Crippen molar-refractivity contribution >= 4 is 23.3 Å². The summed E-state index contributed by atoms with van der Waals surface area (Å²) in [5.41, 5.74) is 1.42. The van der Waals surface area contributed by atoms with Gasteiger partial charge in [-0.3, -0.25) is 19.6 Å². The number of nitrogens with one attached hydrogen (secondary N) is 1. The molecule has 10 heteroatoms. The van der Waals surface area contributed by atoms with Crippen LogP contribution in [0.1, 0.15) is 26.4 Å². The van der Waals surface area contributed by atoms with Crippen molar-refractivity contribution in [2.24, 2.45) is 7.05 Å². The van der Waals surface area contributed by atoms with Crippen molar-refractivity contribution < 1.29 is 24.0 Å². The Morgan fingerprint density at radius 3 is 2.60 bits per heavy atom. The number of esters is 1. The molecule has 0 bridgehead atoms. The second-order valence-corrected chi connectivity index (χ2v) is 6.22. The van der Waals surface area contributed by atoms with Gasteiger partial charge in [0.1, 0.15) is 12.4 Å². The molecule has 10 nitrogen and oxygen atoms in total. The summed E-state index contributed by atoms with van der Waals surface area (Å²) in [5, 5.41) is 17.3. The number of aromatic nitrogens is 2. The lowest BCUT2D eigenvalue weighted by Crippen LogP contribution is -2.16. The van der Waals surface area contributed by atoms with Gasteiger partial charge in [0.15, 0.2) is 5.69 Å². The van der Waals surface area contributed by atoms with Crippen molar-refractivity contribution in [2.75, 3.05) is 12.4 Å². The lowest BCUT2D eigenvalue weighted by Gasteiger charge is -2.09. The van der Waals surface area contributed by atoms with Crippen LogP contribution in [-0.4, -0.2) is 33.7 Å². The molecule has 0 aliphatic heterocycles. The van der Waals surface area contributed by atoms with Crippen LogP contribution in [-0.2, 0) is 18.4 Å². The largest absolute Gasteiger partial charge is 0.489 e. The Kier molecular flexibility index (Phi) is 6.06. The van der Waals surface area contributed by atoms with E-state index >= 15 is 0 Å². The fourth-order valence-corrected chi connectivity index (χ4v) is 2.70. The average Bonchev–Trinajstić information content (AvgIpc) is 3.12. The number of nitro benzene ring substituents is 1. The second kappa shape index (κ2) is 8.86. The molecule has 0 aliphatic rings. The van der Waals surface area contributed by atoms with Gasteiger partial charge in [0.25, 0.3) is 11.6 Å². The minimum atomic E-state index is -0.615. The number of anilines is 1. The van der Waals surface area contributed by atoms with Gasteiger partial charge >= 0.3 is 5.97 Å². The minimum Gasteiger partial charge on any atom is -0.489 e. The molecule has 0 radical (unpaired) electrons. The van der Waals surface area contributed by atoms with Crippen molar-refractivity contribution in [3.8, 4) is 5.75 Å². The van der Waals surface area contributed by atoms with E-state index < -0.39 is 16.8 Å². The maximum Gasteiger partial charge on any atom is 0.358 e. The maximum atomic E-state index is 12.6. The number of benzene rings is 2. The molecule has 0 saturated carbocycles. The number of carbonyl (C=O) groups excluding carboxylic acids is 2. The molecular formula is C20H18N4O6. The number of nitrogens with zero attached hydrogens (tertiary/aromatic N) is 3. The molecule has 0 aliphatic carbocycles. The van der Waals surface area contributed by atoms with E-state index in [0.717, 1.165) is 5.56 Å². The maximum absolute atomic E-state index is 12.6. The zero-order valence-corrected chi connectivity index (χ0v) is 16.2. The van der Waals surface area contributed by atoms with Gasteiger partial charge in [-0.1, -0.05) is 12.1 Å². The molecule has 30 heavy (non-hydrogen) atoms. The molecule has 2 aromatic carbocycles. The topological polar surface area (TPSA) is 126 Å². The van der Waals surface area contributed by atoms with Crippen LogP contribution in [0.5, 0.6) is 5.75 Å². The molecular weight excluding hydrogens is 392 g/mol. The molecule has 154 valence electrons. The molecule has 0 spiro atoms. The number of hydrogen-bond donors (Lipinski definition) is 1. The fourth-order valence-electron chi connectivity index (χ4n) is 2.70. The summed E-state index contributed by atoms with van der Waals surface area (Å²) in [6.45, 7) is 0.166. The second-order valence-electron chi connectivity index (χ2n) is 6.22. The van der Waals surface area contributed by atoms with E-state index in [1.807, 2.05) is 0 Å². The van der Waals surface area contributed by atoms with E-state index in [9.17, 15) is 19.7 Å². The Morgan fingerprint density at radius 1 is 1.20 bits per heavy atom. The van der Waals surface area contributed by atoms with Crippen molar-refractivity contribution in [1.82, 2.24) is 9.78 Å². The SMILES string of the molecule is COC(=O)c1c(NC(=O)c2cccc(COc3ccc([N+](=O)[O-])cc3)c2)cnn1C. The zero-order valence-electron chi connectivity index (χ0n) is 16.2. The number of aryl methyl sites for hydroxylation is 1. The zero-order chi connectivity index (χ0) is 21.7. The standard InChI is InChI=1S/C20H18N4O6/c1-23-18(20(26)29-2)17(11-21-23)22-19(25)14-5-3-4-13(10-14)12-30-16-8-6-15(7-9-16)24(27)28/h3-11H,12H2,1-2H3,(H,22,25). The monoisotopic (exact) mass is 410 g/mol. The fraction of sp³-hybridized carbons (Fsp3) is 0.150. The first-order valence-corrected chi connectivity index (χ1v) is 8.77. The molecule has 1 N–H and O–H groups in total. The van der Waals surface area contributed by atoms with E-state index in [1.54, 1.807) is 31.3 Å². The van der Waals surface area contributed by atoms with Gasteiger partial charge < -0.3 is 14.8 Å². The van der Waals surface area contributed by atoms with E-state index in [-0.39, 0.29) is 23.7 Å². The number of non-ortho nitro benzene ring substituents is 1. The van der Waals surface area contributed by atoms with Crippen LogP contribution in [0.15, 0.2) is 54.7 Å². The Labute approximate surface area is 171 Å². The summed E-state index contributed by atoms with van der Waals surface area (Å²) >= 11 is 0. The summed E-state index contributed by atoms with van der Waals surface area (Å²) in [5.74, 6) is -0.575. The number of ether oxygens (including phenoxy) is 2. The van der Waals surface area contributed by atoms with Gasteiger partial charge in [-0.2, -0.15) is 5.10 Å². The van der Waals surface area contributed by atoms with E-state index in [0.29, 0.717) is 11.3 Å². The molecule has 3 aromatic rings. The number of rotatable bonds is 7. The highest BCUT2D eigenvalue weighted by atomic mass is 16.6. The molecule has 0 fully saturated rings. The minimum absolute atomic E-state index is 0.0252. The van der Waals surface area contributed by atoms with Gasteiger partial charge in [0.2, 0.25) is 0 Å². The number of carbonyl (C=O) groups is 2. The number of nitro groups is 1. The Bertz CT molecular complexity index is 1090. The van der Waals surface area contributed by atoms with E-state index in [1.165, 1.54) is 42.3 Å². The first-order chi connectivity index (χ1) is 14.4. The lowest BCUT2D eigenvalue weighted by atomic mass is 10.1. The summed E-state index contributed by atoms with van der Waals surface area (Å²) in [4.78, 5) is 34.7. The smallest absolute Gasteiger partial charge is 0.358 e. The van der Waals surface area contributed by atoms with Crippen LogP contribution in [0.4, 0.5) is 11.4 Å². The van der Waals surface area contributed by atoms with E-state index in [2.05, 4.69) is 10.4 Å². The van der Waals surface area contributed by atoms with Gasteiger partial charge in [-0.05, 0) is 29.8 Å². The third-order valence-corrected chi connectivity index (χ3v) is 4.21. The highest BCUT2D eigenvalue weighted by molar-refractivity contribution is 6.07. The van der Waals surface area contributed by atoms with Crippen molar-refractivity contribution in [2.45, 2.75) is 6.61 Å². The molecule has 1 amide bonds. The summed E-state index contributed by atoms with van der Waals surface area (Å²) in [6, 6.07) is 12.5. The Hall–Kier alpha value is -4.21. The molecule has 0 saturated heterocycles. The third-order valence-electron chi connectivity index (χ3n) is 4.21. The summed E-state index contributed by atoms with van der Waals surface area (Å²) in [6.07, 6.45) is 1.37. The van der Waals surface area contributed by atoms with Gasteiger partial charge in [0, 0.05) is 24.7 Å². The third kappa shape index (κ3) is 4.61. The number of hydrogen-bond acceptors (Lipinski definition) is 7. The van der Waals surface area contributed by atoms with Crippen molar-refractivity contribution in [3.05, 3.63) is 81.7 Å². The average molecular weight is 410 g/mol. The van der Waals surface area contributed by atoms with Gasteiger partial charge in [-0.15, -0.1) is 0 Å². The van der Waals surface area contributed by atoms with Crippen molar-refractivity contribution in [1.29, 1.82) is 0 Å². The molecule has 1 heterocycles. The molecule has 1 aromatic heterocycles. The molecule has 0 unspecified atom stereocenters. The number of methoxy groups -OCH3 is 1. The quantitative estimate of drug-likeness (QED) is 0.360. The highest BCUT2D eigenvalue weighted by Crippen LogP contribution is 2.20. The summed E-state index contributed by atoms with van der Waals surface area (Å²) < 4.78 is 11.6. The molecule has 3 rings (SSSR count).